The van der Waals surface area contributed by atoms with Crippen molar-refractivity contribution in [3.63, 3.8) is 0 Å². The van der Waals surface area contributed by atoms with Crippen LogP contribution in [0.3, 0.4) is 0 Å². The van der Waals surface area contributed by atoms with Gasteiger partial charge in [-0.2, -0.15) is 0 Å². The molecule has 0 aliphatic carbocycles. The van der Waals surface area contributed by atoms with E-state index in [2.05, 4.69) is 10.2 Å². The third-order valence-electron chi connectivity index (χ3n) is 4.83. The predicted molar refractivity (Wildman–Crippen MR) is 82.1 cm³/mol. The number of hydrogen-bond donors (Lipinski definition) is 2. The molecule has 2 saturated heterocycles. The molecule has 0 spiro atoms. The molecule has 0 aromatic heterocycles. The number of carbonyl (C=O) groups excluding carboxylic acids is 1. The largest absolute Gasteiger partial charge is 0.508 e. The maximum atomic E-state index is 12.6. The third-order valence-corrected chi connectivity index (χ3v) is 4.83. The van der Waals surface area contributed by atoms with Crippen LogP contribution in [0, 0.1) is 5.92 Å². The van der Waals surface area contributed by atoms with Gasteiger partial charge in [0.25, 0.3) is 0 Å². The van der Waals surface area contributed by atoms with Crippen LogP contribution < -0.4 is 5.32 Å². The Bertz CT molecular complexity index is 497. The van der Waals surface area contributed by atoms with E-state index < -0.39 is 0 Å². The first kappa shape index (κ1) is 14.4. The number of nitrogens with one attached hydrogen (secondary N) is 1. The summed E-state index contributed by atoms with van der Waals surface area (Å²) in [6.07, 6.45) is 4.97. The van der Waals surface area contributed by atoms with Crippen LogP contribution in [0.4, 0.5) is 0 Å². The smallest absolute Gasteiger partial charge is 0.227 e. The number of piperidine rings is 1. The Morgan fingerprint density at radius 1 is 1.29 bits per heavy atom. The Morgan fingerprint density at radius 3 is 2.90 bits per heavy atom. The van der Waals surface area contributed by atoms with Gasteiger partial charge in [0.15, 0.2) is 0 Å². The Kier molecular flexibility index (Phi) is 4.44. The summed E-state index contributed by atoms with van der Waals surface area (Å²) in [5.41, 5.74) is 0.731. The van der Waals surface area contributed by atoms with Crippen molar-refractivity contribution in [1.29, 1.82) is 0 Å². The first-order valence-corrected chi connectivity index (χ1v) is 8.03. The Labute approximate surface area is 126 Å². The number of phenolic OH excluding ortho intramolecular Hbond substituents is 1. The van der Waals surface area contributed by atoms with Gasteiger partial charge in [0.2, 0.25) is 5.91 Å². The number of nitrogens with zero attached hydrogens (tertiary/aromatic N) is 1. The molecular weight excluding hydrogens is 264 g/mol. The van der Waals surface area contributed by atoms with E-state index >= 15 is 0 Å². The summed E-state index contributed by atoms with van der Waals surface area (Å²) in [7, 11) is 0. The second kappa shape index (κ2) is 6.48. The van der Waals surface area contributed by atoms with Crippen LogP contribution in [0.1, 0.15) is 31.2 Å². The van der Waals surface area contributed by atoms with E-state index in [1.165, 1.54) is 12.8 Å². The summed E-state index contributed by atoms with van der Waals surface area (Å²) in [5, 5.41) is 13.3. The van der Waals surface area contributed by atoms with Gasteiger partial charge in [-0.15, -0.1) is 0 Å². The normalized spacial score (nSPS) is 26.0. The van der Waals surface area contributed by atoms with Crippen molar-refractivity contribution in [2.75, 3.05) is 19.6 Å². The molecule has 2 heterocycles. The van der Waals surface area contributed by atoms with Crippen molar-refractivity contribution in [2.24, 2.45) is 5.92 Å². The lowest BCUT2D eigenvalue weighted by Gasteiger charge is -2.34. The SMILES string of the molecule is O=C(Cc1ccccc1O)N1CCCC1C1CCCNC1. The van der Waals surface area contributed by atoms with Crippen LogP contribution >= 0.6 is 0 Å². The highest BCUT2D eigenvalue weighted by Gasteiger charge is 2.35. The highest BCUT2D eigenvalue weighted by Crippen LogP contribution is 2.29. The molecule has 2 fully saturated rings. The highest BCUT2D eigenvalue weighted by atomic mass is 16.3. The zero-order chi connectivity index (χ0) is 14.7. The minimum atomic E-state index is 0.157. The van der Waals surface area contributed by atoms with Crippen molar-refractivity contribution in [2.45, 2.75) is 38.1 Å². The number of phenols is 1. The molecule has 4 nitrogen and oxygen atoms in total. The number of para-hydroxylation sites is 1. The molecule has 1 aromatic rings. The molecule has 3 rings (SSSR count). The molecular formula is C17H24N2O2. The molecule has 114 valence electrons. The van der Waals surface area contributed by atoms with E-state index in [0.717, 1.165) is 38.0 Å². The lowest BCUT2D eigenvalue weighted by atomic mass is 9.90. The van der Waals surface area contributed by atoms with Crippen LogP contribution in [-0.2, 0) is 11.2 Å². The predicted octanol–water partition coefficient (Wildman–Crippen LogP) is 1.93. The average molecular weight is 288 g/mol. The fourth-order valence-corrected chi connectivity index (χ4v) is 3.72. The van der Waals surface area contributed by atoms with E-state index in [4.69, 9.17) is 0 Å². The van der Waals surface area contributed by atoms with Gasteiger partial charge in [-0.25, -0.2) is 0 Å². The number of amides is 1. The van der Waals surface area contributed by atoms with E-state index in [1.54, 1.807) is 12.1 Å². The summed E-state index contributed by atoms with van der Waals surface area (Å²) >= 11 is 0. The number of rotatable bonds is 3. The van der Waals surface area contributed by atoms with Crippen molar-refractivity contribution in [1.82, 2.24) is 10.2 Å². The van der Waals surface area contributed by atoms with Crippen molar-refractivity contribution >= 4 is 5.91 Å². The molecule has 2 atom stereocenters. The highest BCUT2D eigenvalue weighted by molar-refractivity contribution is 5.80. The monoisotopic (exact) mass is 288 g/mol. The van der Waals surface area contributed by atoms with Crippen molar-refractivity contribution in [3.05, 3.63) is 29.8 Å². The topological polar surface area (TPSA) is 52.6 Å². The lowest BCUT2D eigenvalue weighted by molar-refractivity contribution is -0.132. The van der Waals surface area contributed by atoms with Gasteiger partial charge in [0.05, 0.1) is 6.42 Å². The van der Waals surface area contributed by atoms with Crippen LogP contribution in [-0.4, -0.2) is 41.6 Å². The molecule has 21 heavy (non-hydrogen) atoms. The molecule has 4 heteroatoms. The second-order valence-corrected chi connectivity index (χ2v) is 6.21. The van der Waals surface area contributed by atoms with Crippen LogP contribution in [0.2, 0.25) is 0 Å². The molecule has 1 amide bonds. The van der Waals surface area contributed by atoms with E-state index in [0.29, 0.717) is 18.4 Å². The summed E-state index contributed by atoms with van der Waals surface area (Å²) in [5.74, 6) is 0.972. The minimum Gasteiger partial charge on any atom is -0.508 e. The fraction of sp³-hybridized carbons (Fsp3) is 0.588. The van der Waals surface area contributed by atoms with Gasteiger partial charge < -0.3 is 15.3 Å². The van der Waals surface area contributed by atoms with Crippen LogP contribution in [0.15, 0.2) is 24.3 Å². The van der Waals surface area contributed by atoms with Gasteiger partial charge >= 0.3 is 0 Å². The van der Waals surface area contributed by atoms with E-state index in [1.807, 2.05) is 12.1 Å². The molecule has 2 aliphatic heterocycles. The number of aromatic hydroxyl groups is 1. The zero-order valence-corrected chi connectivity index (χ0v) is 12.4. The van der Waals surface area contributed by atoms with Crippen molar-refractivity contribution in [3.8, 4) is 5.75 Å². The maximum Gasteiger partial charge on any atom is 0.227 e. The molecule has 2 unspecified atom stereocenters. The number of carbonyl (C=O) groups is 1. The average Bonchev–Trinajstić information content (AvgIpc) is 3.00. The second-order valence-electron chi connectivity index (χ2n) is 6.21. The first-order valence-electron chi connectivity index (χ1n) is 8.03. The molecule has 2 aliphatic rings. The zero-order valence-electron chi connectivity index (χ0n) is 12.4. The van der Waals surface area contributed by atoms with Crippen LogP contribution in [0.25, 0.3) is 0 Å². The van der Waals surface area contributed by atoms with Gasteiger partial charge in [-0.1, -0.05) is 18.2 Å². The maximum absolute atomic E-state index is 12.6. The molecule has 0 radical (unpaired) electrons. The summed E-state index contributed by atoms with van der Waals surface area (Å²) in [6, 6.07) is 7.52. The number of benzene rings is 1. The Balaban J connectivity index is 1.67. The first-order chi connectivity index (χ1) is 10.3. The lowest BCUT2D eigenvalue weighted by Crippen LogP contribution is -2.46. The fourth-order valence-electron chi connectivity index (χ4n) is 3.72. The van der Waals surface area contributed by atoms with Gasteiger partial charge in [0.1, 0.15) is 5.75 Å². The number of likely N-dealkylation sites (tertiary alicyclic amines) is 1. The summed E-state index contributed by atoms with van der Waals surface area (Å²) in [4.78, 5) is 14.7. The molecule has 1 aromatic carbocycles. The minimum absolute atomic E-state index is 0.157. The molecule has 2 N–H and O–H groups in total. The summed E-state index contributed by atoms with van der Waals surface area (Å²) in [6.45, 7) is 3.01. The van der Waals surface area contributed by atoms with E-state index in [-0.39, 0.29) is 11.7 Å². The van der Waals surface area contributed by atoms with Gasteiger partial charge in [-0.3, -0.25) is 4.79 Å². The third kappa shape index (κ3) is 3.21. The van der Waals surface area contributed by atoms with Gasteiger partial charge in [0, 0.05) is 18.2 Å². The molecule has 0 saturated carbocycles. The Hall–Kier alpha value is -1.55. The number of hydrogen-bond acceptors (Lipinski definition) is 3. The standard InChI is InChI=1S/C17H24N2O2/c20-16-8-2-1-5-13(16)11-17(21)19-10-4-7-15(19)14-6-3-9-18-12-14/h1-2,5,8,14-15,18,20H,3-4,6-7,9-12H2. The van der Waals surface area contributed by atoms with Crippen molar-refractivity contribution < 1.29 is 9.90 Å². The quantitative estimate of drug-likeness (QED) is 0.893. The van der Waals surface area contributed by atoms with Gasteiger partial charge in [-0.05, 0) is 50.8 Å². The van der Waals surface area contributed by atoms with E-state index in [9.17, 15) is 9.90 Å². The Morgan fingerprint density at radius 2 is 2.14 bits per heavy atom. The van der Waals surface area contributed by atoms with Crippen LogP contribution in [0.5, 0.6) is 5.75 Å². The summed E-state index contributed by atoms with van der Waals surface area (Å²) < 4.78 is 0. The molecule has 0 bridgehead atoms.